The molecule has 0 saturated carbocycles. The van der Waals surface area contributed by atoms with E-state index in [1.807, 2.05) is 38.1 Å². The Morgan fingerprint density at radius 2 is 1.89 bits per heavy atom. The lowest BCUT2D eigenvalue weighted by molar-refractivity contribution is -0.144. The van der Waals surface area contributed by atoms with E-state index >= 15 is 0 Å². The zero-order valence-electron chi connectivity index (χ0n) is 11.2. The summed E-state index contributed by atoms with van der Waals surface area (Å²) in [6, 6.07) is 6.98. The number of ether oxygens (including phenoxy) is 2. The summed E-state index contributed by atoms with van der Waals surface area (Å²) >= 11 is 0. The van der Waals surface area contributed by atoms with Crippen LogP contribution in [-0.4, -0.2) is 24.7 Å². The van der Waals surface area contributed by atoms with E-state index in [0.717, 1.165) is 11.3 Å². The van der Waals surface area contributed by atoms with Crippen LogP contribution in [0, 0.1) is 0 Å². The van der Waals surface area contributed by atoms with Gasteiger partial charge in [0.1, 0.15) is 11.8 Å². The second kappa shape index (κ2) is 7.01. The lowest BCUT2D eigenvalue weighted by Crippen LogP contribution is -2.34. The first-order valence-electron chi connectivity index (χ1n) is 6.20. The Morgan fingerprint density at radius 3 is 2.39 bits per heavy atom. The molecule has 0 spiro atoms. The van der Waals surface area contributed by atoms with Crippen LogP contribution < -0.4 is 10.5 Å². The van der Waals surface area contributed by atoms with Gasteiger partial charge < -0.3 is 15.2 Å². The molecule has 1 atom stereocenters. The maximum Gasteiger partial charge on any atom is 0.323 e. The molecule has 0 bridgehead atoms. The van der Waals surface area contributed by atoms with Crippen molar-refractivity contribution in [3.63, 3.8) is 0 Å². The summed E-state index contributed by atoms with van der Waals surface area (Å²) in [4.78, 5) is 11.4. The van der Waals surface area contributed by atoms with Crippen molar-refractivity contribution in [3.05, 3.63) is 29.8 Å². The number of nitrogens with two attached hydrogens (primary N) is 1. The van der Waals surface area contributed by atoms with Gasteiger partial charge in [0.2, 0.25) is 0 Å². The monoisotopic (exact) mass is 251 g/mol. The number of benzene rings is 1. The first-order valence-corrected chi connectivity index (χ1v) is 6.20. The van der Waals surface area contributed by atoms with Crippen LogP contribution in [-0.2, 0) is 16.0 Å². The van der Waals surface area contributed by atoms with E-state index in [1.165, 1.54) is 0 Å². The average Bonchev–Trinajstić information content (AvgIpc) is 2.31. The minimum atomic E-state index is -0.609. The van der Waals surface area contributed by atoms with Crippen LogP contribution in [0.25, 0.3) is 0 Å². The highest BCUT2D eigenvalue weighted by Gasteiger charge is 2.14. The second-order valence-electron chi connectivity index (χ2n) is 4.37. The number of hydrogen-bond acceptors (Lipinski definition) is 4. The molecule has 1 unspecified atom stereocenters. The van der Waals surface area contributed by atoms with Gasteiger partial charge in [-0.3, -0.25) is 4.79 Å². The van der Waals surface area contributed by atoms with Crippen molar-refractivity contribution >= 4 is 5.97 Å². The summed E-state index contributed by atoms with van der Waals surface area (Å²) in [6.45, 7) is 6.07. The molecule has 1 aromatic rings. The molecule has 1 rings (SSSR count). The molecule has 4 heteroatoms. The SMILES string of the molecule is CCOC(=O)C(N)Cc1ccc(OC(C)C)cc1. The lowest BCUT2D eigenvalue weighted by Gasteiger charge is -2.12. The highest BCUT2D eigenvalue weighted by Crippen LogP contribution is 2.14. The zero-order valence-corrected chi connectivity index (χ0v) is 11.2. The summed E-state index contributed by atoms with van der Waals surface area (Å²) in [7, 11) is 0. The Bertz CT molecular complexity index is 373. The fraction of sp³-hybridized carbons (Fsp3) is 0.500. The van der Waals surface area contributed by atoms with Crippen molar-refractivity contribution in [1.29, 1.82) is 0 Å². The number of rotatable bonds is 6. The number of carbonyl (C=O) groups excluding carboxylic acids is 1. The van der Waals surface area contributed by atoms with Crippen molar-refractivity contribution < 1.29 is 14.3 Å². The predicted molar refractivity (Wildman–Crippen MR) is 70.5 cm³/mol. The van der Waals surface area contributed by atoms with Gasteiger partial charge in [-0.05, 0) is 44.9 Å². The third-order valence-electron chi connectivity index (χ3n) is 2.34. The molecule has 0 saturated heterocycles. The van der Waals surface area contributed by atoms with Gasteiger partial charge in [-0.25, -0.2) is 0 Å². The molecular formula is C14H21NO3. The highest BCUT2D eigenvalue weighted by atomic mass is 16.5. The zero-order chi connectivity index (χ0) is 13.5. The molecule has 0 amide bonds. The van der Waals surface area contributed by atoms with Crippen LogP contribution in [0.4, 0.5) is 0 Å². The third-order valence-corrected chi connectivity index (χ3v) is 2.34. The molecule has 0 aliphatic rings. The van der Waals surface area contributed by atoms with Gasteiger partial charge in [0.05, 0.1) is 12.7 Å². The van der Waals surface area contributed by atoms with E-state index in [4.69, 9.17) is 15.2 Å². The predicted octanol–water partition coefficient (Wildman–Crippen LogP) is 1.91. The van der Waals surface area contributed by atoms with Crippen molar-refractivity contribution in [2.75, 3.05) is 6.61 Å². The summed E-state index contributed by atoms with van der Waals surface area (Å²) in [5.74, 6) is 0.457. The Balaban J connectivity index is 2.55. The van der Waals surface area contributed by atoms with Crippen LogP contribution in [0.2, 0.25) is 0 Å². The van der Waals surface area contributed by atoms with Gasteiger partial charge in [0.15, 0.2) is 0 Å². The van der Waals surface area contributed by atoms with Crippen LogP contribution in [0.1, 0.15) is 26.3 Å². The molecule has 0 radical (unpaired) electrons. The molecular weight excluding hydrogens is 230 g/mol. The number of hydrogen-bond donors (Lipinski definition) is 1. The maximum atomic E-state index is 11.4. The Labute approximate surface area is 108 Å². The molecule has 2 N–H and O–H groups in total. The first kappa shape index (κ1) is 14.5. The van der Waals surface area contributed by atoms with Crippen LogP contribution >= 0.6 is 0 Å². The van der Waals surface area contributed by atoms with Gasteiger partial charge in [-0.15, -0.1) is 0 Å². The van der Waals surface area contributed by atoms with Crippen LogP contribution in [0.3, 0.4) is 0 Å². The van der Waals surface area contributed by atoms with Crippen molar-refractivity contribution in [3.8, 4) is 5.75 Å². The molecule has 100 valence electrons. The molecule has 0 fully saturated rings. The summed E-state index contributed by atoms with van der Waals surface area (Å²) < 4.78 is 10.4. The van der Waals surface area contributed by atoms with Gasteiger partial charge in [0, 0.05) is 0 Å². The molecule has 18 heavy (non-hydrogen) atoms. The van der Waals surface area contributed by atoms with E-state index in [9.17, 15) is 4.79 Å². The summed E-state index contributed by atoms with van der Waals surface area (Å²) in [6.07, 6.45) is 0.624. The standard InChI is InChI=1S/C14H21NO3/c1-4-17-14(16)13(15)9-11-5-7-12(8-6-11)18-10(2)3/h5-8,10,13H,4,9,15H2,1-3H3. The van der Waals surface area contributed by atoms with Crippen molar-refractivity contribution in [2.45, 2.75) is 39.3 Å². The Morgan fingerprint density at radius 1 is 1.28 bits per heavy atom. The van der Waals surface area contributed by atoms with E-state index < -0.39 is 6.04 Å². The Kier molecular flexibility index (Phi) is 5.65. The molecule has 0 heterocycles. The van der Waals surface area contributed by atoms with Crippen LogP contribution in [0.5, 0.6) is 5.75 Å². The third kappa shape index (κ3) is 4.75. The lowest BCUT2D eigenvalue weighted by atomic mass is 10.1. The second-order valence-corrected chi connectivity index (χ2v) is 4.37. The number of carbonyl (C=O) groups is 1. The van der Waals surface area contributed by atoms with Gasteiger partial charge in [-0.1, -0.05) is 12.1 Å². The van der Waals surface area contributed by atoms with E-state index in [1.54, 1.807) is 6.92 Å². The van der Waals surface area contributed by atoms with Gasteiger partial charge >= 0.3 is 5.97 Å². The maximum absolute atomic E-state index is 11.4. The van der Waals surface area contributed by atoms with E-state index in [0.29, 0.717) is 13.0 Å². The molecule has 0 aromatic heterocycles. The van der Waals surface area contributed by atoms with Crippen molar-refractivity contribution in [1.82, 2.24) is 0 Å². The largest absolute Gasteiger partial charge is 0.491 e. The van der Waals surface area contributed by atoms with Crippen molar-refractivity contribution in [2.24, 2.45) is 5.73 Å². The van der Waals surface area contributed by atoms with Crippen LogP contribution in [0.15, 0.2) is 24.3 Å². The summed E-state index contributed by atoms with van der Waals surface area (Å²) in [5.41, 5.74) is 6.74. The Hall–Kier alpha value is -1.55. The molecule has 4 nitrogen and oxygen atoms in total. The molecule has 0 aliphatic heterocycles. The normalized spacial score (nSPS) is 12.3. The quantitative estimate of drug-likeness (QED) is 0.784. The van der Waals surface area contributed by atoms with Gasteiger partial charge in [-0.2, -0.15) is 0 Å². The fourth-order valence-corrected chi connectivity index (χ4v) is 1.56. The van der Waals surface area contributed by atoms with E-state index in [-0.39, 0.29) is 12.1 Å². The summed E-state index contributed by atoms with van der Waals surface area (Å²) in [5, 5.41) is 0. The van der Waals surface area contributed by atoms with E-state index in [2.05, 4.69) is 0 Å². The average molecular weight is 251 g/mol. The molecule has 0 aliphatic carbocycles. The minimum Gasteiger partial charge on any atom is -0.491 e. The number of esters is 1. The smallest absolute Gasteiger partial charge is 0.323 e. The molecule has 1 aromatic carbocycles. The minimum absolute atomic E-state index is 0.151. The van der Waals surface area contributed by atoms with Gasteiger partial charge in [0.25, 0.3) is 0 Å². The fourth-order valence-electron chi connectivity index (χ4n) is 1.56. The highest BCUT2D eigenvalue weighted by molar-refractivity contribution is 5.75. The first-order chi connectivity index (χ1) is 8.52. The topological polar surface area (TPSA) is 61.5 Å².